The van der Waals surface area contributed by atoms with Crippen LogP contribution in [0.4, 0.5) is 4.39 Å². The molecule has 0 saturated heterocycles. The highest BCUT2D eigenvalue weighted by Gasteiger charge is 2.14. The maximum Gasteiger partial charge on any atom is 0.184 e. The van der Waals surface area contributed by atoms with E-state index in [1.807, 2.05) is 13.8 Å². The SMILES string of the molecule is CC(C)c1ncc(Oc2cccc(Cl)c2F)c(CO)n1. The van der Waals surface area contributed by atoms with E-state index in [1.165, 1.54) is 18.3 Å². The first-order valence-electron chi connectivity index (χ1n) is 6.11. The van der Waals surface area contributed by atoms with Gasteiger partial charge in [0, 0.05) is 5.92 Å². The van der Waals surface area contributed by atoms with Gasteiger partial charge in [-0.2, -0.15) is 0 Å². The van der Waals surface area contributed by atoms with Crippen LogP contribution in [0.5, 0.6) is 11.5 Å². The number of hydrogen-bond acceptors (Lipinski definition) is 4. The standard InChI is InChI=1S/C14H14ClFN2O2/c1-8(2)14-17-6-12(10(7-19)18-14)20-11-5-3-4-9(15)13(11)16/h3-6,8,19H,7H2,1-2H3. The molecule has 1 heterocycles. The van der Waals surface area contributed by atoms with Crippen LogP contribution in [0.3, 0.4) is 0 Å². The Morgan fingerprint density at radius 3 is 2.75 bits per heavy atom. The van der Waals surface area contributed by atoms with Crippen LogP contribution in [0.25, 0.3) is 0 Å². The molecule has 0 aliphatic heterocycles. The molecule has 1 aromatic carbocycles. The Labute approximate surface area is 121 Å². The van der Waals surface area contributed by atoms with E-state index in [4.69, 9.17) is 16.3 Å². The Kier molecular flexibility index (Phi) is 4.52. The fourth-order valence-corrected chi connectivity index (χ4v) is 1.75. The maximum atomic E-state index is 13.8. The van der Waals surface area contributed by atoms with Crippen molar-refractivity contribution in [1.82, 2.24) is 9.97 Å². The lowest BCUT2D eigenvalue weighted by molar-refractivity contribution is 0.269. The van der Waals surface area contributed by atoms with Gasteiger partial charge in [0.15, 0.2) is 17.3 Å². The molecule has 0 fully saturated rings. The number of halogens is 2. The number of aromatic nitrogens is 2. The van der Waals surface area contributed by atoms with Crippen molar-refractivity contribution in [1.29, 1.82) is 0 Å². The van der Waals surface area contributed by atoms with E-state index >= 15 is 0 Å². The molecule has 4 nitrogen and oxygen atoms in total. The van der Waals surface area contributed by atoms with Crippen molar-refractivity contribution in [3.63, 3.8) is 0 Å². The summed E-state index contributed by atoms with van der Waals surface area (Å²) >= 11 is 5.68. The lowest BCUT2D eigenvalue weighted by Crippen LogP contribution is -2.04. The van der Waals surface area contributed by atoms with Gasteiger partial charge >= 0.3 is 0 Å². The number of nitrogens with zero attached hydrogens (tertiary/aromatic N) is 2. The molecule has 1 aromatic heterocycles. The van der Waals surface area contributed by atoms with E-state index in [0.717, 1.165) is 0 Å². The molecule has 106 valence electrons. The van der Waals surface area contributed by atoms with Crippen LogP contribution >= 0.6 is 11.6 Å². The minimum atomic E-state index is -0.661. The highest BCUT2D eigenvalue weighted by molar-refractivity contribution is 6.30. The Hall–Kier alpha value is -1.72. The van der Waals surface area contributed by atoms with Crippen molar-refractivity contribution < 1.29 is 14.2 Å². The molecule has 2 rings (SSSR count). The van der Waals surface area contributed by atoms with Gasteiger partial charge in [0.25, 0.3) is 0 Å². The van der Waals surface area contributed by atoms with E-state index in [2.05, 4.69) is 9.97 Å². The third-order valence-electron chi connectivity index (χ3n) is 2.65. The van der Waals surface area contributed by atoms with E-state index < -0.39 is 5.82 Å². The van der Waals surface area contributed by atoms with E-state index in [-0.39, 0.29) is 29.0 Å². The molecule has 20 heavy (non-hydrogen) atoms. The van der Waals surface area contributed by atoms with Crippen LogP contribution in [0.1, 0.15) is 31.3 Å². The summed E-state index contributed by atoms with van der Waals surface area (Å²) in [5.41, 5.74) is 0.308. The summed E-state index contributed by atoms with van der Waals surface area (Å²) in [6.45, 7) is 3.56. The molecule has 0 radical (unpaired) electrons. The smallest absolute Gasteiger partial charge is 0.184 e. The molecule has 0 amide bonds. The van der Waals surface area contributed by atoms with Crippen LogP contribution in [0.15, 0.2) is 24.4 Å². The van der Waals surface area contributed by atoms with Crippen molar-refractivity contribution in [2.45, 2.75) is 26.4 Å². The molecule has 1 N–H and O–H groups in total. The molecule has 2 aromatic rings. The molecule has 0 aliphatic carbocycles. The van der Waals surface area contributed by atoms with Crippen LogP contribution in [0.2, 0.25) is 5.02 Å². The van der Waals surface area contributed by atoms with Gasteiger partial charge in [-0.15, -0.1) is 0 Å². The zero-order valence-corrected chi connectivity index (χ0v) is 11.9. The monoisotopic (exact) mass is 296 g/mol. The first-order valence-corrected chi connectivity index (χ1v) is 6.49. The molecular weight excluding hydrogens is 283 g/mol. The van der Waals surface area contributed by atoms with Gasteiger partial charge in [0.1, 0.15) is 11.5 Å². The maximum absolute atomic E-state index is 13.8. The van der Waals surface area contributed by atoms with Gasteiger partial charge in [0.05, 0.1) is 17.8 Å². The van der Waals surface area contributed by atoms with Gasteiger partial charge in [-0.25, -0.2) is 14.4 Å². The summed E-state index contributed by atoms with van der Waals surface area (Å²) in [5, 5.41) is 9.30. The third kappa shape index (κ3) is 3.05. The van der Waals surface area contributed by atoms with Gasteiger partial charge in [0.2, 0.25) is 0 Å². The molecule has 0 bridgehead atoms. The molecule has 0 spiro atoms. The number of rotatable bonds is 4. The fourth-order valence-electron chi connectivity index (χ4n) is 1.58. The zero-order chi connectivity index (χ0) is 14.7. The van der Waals surface area contributed by atoms with Gasteiger partial charge in [-0.1, -0.05) is 31.5 Å². The first kappa shape index (κ1) is 14.7. The highest BCUT2D eigenvalue weighted by Crippen LogP contribution is 2.30. The largest absolute Gasteiger partial charge is 0.451 e. The third-order valence-corrected chi connectivity index (χ3v) is 2.94. The Balaban J connectivity index is 2.36. The lowest BCUT2D eigenvalue weighted by Gasteiger charge is -2.12. The minimum absolute atomic E-state index is 0.0342. The number of hydrogen-bond donors (Lipinski definition) is 1. The average Bonchev–Trinajstić information content (AvgIpc) is 2.44. The Bertz CT molecular complexity index is 620. The number of aliphatic hydroxyl groups excluding tert-OH is 1. The van der Waals surface area contributed by atoms with Crippen LogP contribution in [-0.4, -0.2) is 15.1 Å². The van der Waals surface area contributed by atoms with Crippen molar-refractivity contribution >= 4 is 11.6 Å². The summed E-state index contributed by atoms with van der Waals surface area (Å²) in [6, 6.07) is 4.44. The summed E-state index contributed by atoms with van der Waals surface area (Å²) < 4.78 is 19.2. The van der Waals surface area contributed by atoms with Crippen molar-refractivity contribution in [2.24, 2.45) is 0 Å². The van der Waals surface area contributed by atoms with Gasteiger partial charge in [-0.3, -0.25) is 0 Å². The topological polar surface area (TPSA) is 55.2 Å². The minimum Gasteiger partial charge on any atom is -0.451 e. The normalized spacial score (nSPS) is 10.9. The Morgan fingerprint density at radius 1 is 1.35 bits per heavy atom. The zero-order valence-electron chi connectivity index (χ0n) is 11.1. The number of ether oxygens (including phenoxy) is 1. The second-order valence-electron chi connectivity index (χ2n) is 4.51. The summed E-state index contributed by atoms with van der Waals surface area (Å²) in [6.07, 6.45) is 1.42. The molecule has 0 aliphatic rings. The number of benzene rings is 1. The van der Waals surface area contributed by atoms with Crippen LogP contribution < -0.4 is 4.74 Å². The molecule has 0 unspecified atom stereocenters. The second-order valence-corrected chi connectivity index (χ2v) is 4.91. The predicted molar refractivity (Wildman–Crippen MR) is 73.5 cm³/mol. The van der Waals surface area contributed by atoms with Crippen molar-refractivity contribution in [2.75, 3.05) is 0 Å². The summed E-state index contributed by atoms with van der Waals surface area (Å²) in [7, 11) is 0. The first-order chi connectivity index (χ1) is 9.52. The molecular formula is C14H14ClFN2O2. The summed E-state index contributed by atoms with van der Waals surface area (Å²) in [5.74, 6) is 0.224. The van der Waals surface area contributed by atoms with Crippen LogP contribution in [-0.2, 0) is 6.61 Å². The predicted octanol–water partition coefficient (Wildman–Crippen LogP) is 3.68. The van der Waals surface area contributed by atoms with Gasteiger partial charge < -0.3 is 9.84 Å². The number of aliphatic hydroxyl groups is 1. The van der Waals surface area contributed by atoms with E-state index in [1.54, 1.807) is 6.07 Å². The van der Waals surface area contributed by atoms with Crippen molar-refractivity contribution in [3.05, 3.63) is 46.8 Å². The van der Waals surface area contributed by atoms with E-state index in [9.17, 15) is 9.50 Å². The second kappa shape index (κ2) is 6.15. The van der Waals surface area contributed by atoms with Crippen molar-refractivity contribution in [3.8, 4) is 11.5 Å². The molecule has 6 heteroatoms. The van der Waals surface area contributed by atoms with Gasteiger partial charge in [-0.05, 0) is 12.1 Å². The highest BCUT2D eigenvalue weighted by atomic mass is 35.5. The Morgan fingerprint density at radius 2 is 2.10 bits per heavy atom. The molecule has 0 atom stereocenters. The van der Waals surface area contributed by atoms with E-state index in [0.29, 0.717) is 11.5 Å². The fraction of sp³-hybridized carbons (Fsp3) is 0.286. The lowest BCUT2D eigenvalue weighted by atomic mass is 10.2. The average molecular weight is 297 g/mol. The quantitative estimate of drug-likeness (QED) is 0.935. The molecule has 0 saturated carbocycles. The van der Waals surface area contributed by atoms with Crippen LogP contribution in [0, 0.1) is 5.82 Å². The summed E-state index contributed by atoms with van der Waals surface area (Å²) in [4.78, 5) is 8.33.